The van der Waals surface area contributed by atoms with E-state index in [2.05, 4.69) is 14.9 Å². The highest BCUT2D eigenvalue weighted by atomic mass is 35.5. The molecule has 2 aromatic heterocycles. The summed E-state index contributed by atoms with van der Waals surface area (Å²) in [6, 6.07) is 7.64. The third-order valence-electron chi connectivity index (χ3n) is 4.37. The molecule has 0 aliphatic carbocycles. The van der Waals surface area contributed by atoms with E-state index in [9.17, 15) is 9.59 Å². The predicted octanol–water partition coefficient (Wildman–Crippen LogP) is 4.26. The monoisotopic (exact) mass is 445 g/mol. The molecule has 1 aliphatic rings. The lowest BCUT2D eigenvalue weighted by atomic mass is 10.1. The summed E-state index contributed by atoms with van der Waals surface area (Å²) in [5.74, 6) is 0.498. The fourth-order valence-corrected chi connectivity index (χ4v) is 4.59. The highest BCUT2D eigenvalue weighted by Gasteiger charge is 2.26. The van der Waals surface area contributed by atoms with E-state index in [1.165, 1.54) is 28.9 Å². The minimum absolute atomic E-state index is 0.0494. The molecule has 1 aliphatic heterocycles. The minimum atomic E-state index is -0.208. The van der Waals surface area contributed by atoms with Gasteiger partial charge in [-0.25, -0.2) is 0 Å². The summed E-state index contributed by atoms with van der Waals surface area (Å²) < 4.78 is 9.67. The number of carbonyl (C=O) groups is 2. The zero-order valence-electron chi connectivity index (χ0n) is 15.3. The van der Waals surface area contributed by atoms with Gasteiger partial charge >= 0.3 is 0 Å². The maximum atomic E-state index is 12.0. The van der Waals surface area contributed by atoms with Gasteiger partial charge in [0, 0.05) is 22.9 Å². The smallest absolute Gasteiger partial charge is 0.244 e. The van der Waals surface area contributed by atoms with Crippen LogP contribution in [0.1, 0.15) is 27.0 Å². The molecule has 0 saturated heterocycles. The number of hydrogen-bond acceptors (Lipinski definition) is 7. The van der Waals surface area contributed by atoms with E-state index in [4.69, 9.17) is 16.3 Å². The number of nitrogens with zero attached hydrogens (tertiary/aromatic N) is 2. The minimum Gasteiger partial charge on any atom is -0.486 e. The fourth-order valence-electron chi connectivity index (χ4n) is 3.01. The van der Waals surface area contributed by atoms with Crippen LogP contribution in [-0.4, -0.2) is 33.9 Å². The Bertz CT molecular complexity index is 1090. The lowest BCUT2D eigenvalue weighted by Crippen LogP contribution is -2.33. The molecule has 3 heterocycles. The topological polar surface area (TPSA) is 81.2 Å². The summed E-state index contributed by atoms with van der Waals surface area (Å²) in [4.78, 5) is 26.1. The van der Waals surface area contributed by atoms with Crippen molar-refractivity contribution in [2.75, 3.05) is 6.54 Å². The standard InChI is InChI=1S/C20H16ClN3O3S2/c1-11(25)17-3-4-18(28-17)12-6-13-7-14(27-20(13)16(21)8-12)9-22-19(26)5-2-15-10-23-24-29-15/h2-6,8,10,14H,7,9H2,1H3,(H,22,26). The lowest BCUT2D eigenvalue weighted by molar-refractivity contribution is -0.116. The molecule has 0 fully saturated rings. The van der Waals surface area contributed by atoms with Crippen molar-refractivity contribution in [1.29, 1.82) is 0 Å². The number of ether oxygens (including phenoxy) is 1. The van der Waals surface area contributed by atoms with Gasteiger partial charge in [-0.1, -0.05) is 16.1 Å². The van der Waals surface area contributed by atoms with Crippen molar-refractivity contribution in [1.82, 2.24) is 14.9 Å². The normalized spacial score (nSPS) is 15.3. The summed E-state index contributed by atoms with van der Waals surface area (Å²) in [5, 5.41) is 7.08. The predicted molar refractivity (Wildman–Crippen MR) is 115 cm³/mol. The number of benzene rings is 1. The number of ketones is 1. The molecule has 0 bridgehead atoms. The first kappa shape index (κ1) is 19.8. The van der Waals surface area contributed by atoms with Gasteiger partial charge in [0.2, 0.25) is 5.91 Å². The van der Waals surface area contributed by atoms with Gasteiger partial charge in [-0.2, -0.15) is 0 Å². The van der Waals surface area contributed by atoms with Gasteiger partial charge in [-0.3, -0.25) is 9.59 Å². The van der Waals surface area contributed by atoms with Crippen LogP contribution in [0.25, 0.3) is 16.5 Å². The van der Waals surface area contributed by atoms with Crippen LogP contribution in [-0.2, 0) is 11.2 Å². The van der Waals surface area contributed by atoms with Crippen LogP contribution in [0.3, 0.4) is 0 Å². The van der Waals surface area contributed by atoms with E-state index in [0.717, 1.165) is 25.8 Å². The largest absolute Gasteiger partial charge is 0.486 e. The Morgan fingerprint density at radius 1 is 1.38 bits per heavy atom. The molecule has 4 rings (SSSR count). The number of thiophene rings is 1. The first-order valence-corrected chi connectivity index (χ1v) is 10.8. The molecule has 1 amide bonds. The fraction of sp³-hybridized carbons (Fsp3) is 0.200. The molecule has 3 aromatic rings. The van der Waals surface area contributed by atoms with Gasteiger partial charge in [0.05, 0.1) is 27.5 Å². The highest BCUT2D eigenvalue weighted by molar-refractivity contribution is 7.17. The molecule has 0 radical (unpaired) electrons. The van der Waals surface area contributed by atoms with Crippen molar-refractivity contribution in [2.45, 2.75) is 19.4 Å². The van der Waals surface area contributed by atoms with E-state index >= 15 is 0 Å². The number of Topliss-reactive ketones (excluding diaryl/α,β-unsaturated/α-hetero) is 1. The molecule has 1 atom stereocenters. The Balaban J connectivity index is 1.40. The van der Waals surface area contributed by atoms with Gasteiger partial charge < -0.3 is 10.1 Å². The summed E-state index contributed by atoms with van der Waals surface area (Å²) in [6.07, 6.45) is 5.18. The van der Waals surface area contributed by atoms with Crippen LogP contribution in [0.5, 0.6) is 5.75 Å². The number of aromatic nitrogens is 2. The van der Waals surface area contributed by atoms with Crippen LogP contribution < -0.4 is 10.1 Å². The van der Waals surface area contributed by atoms with Crippen LogP contribution in [0.15, 0.2) is 36.5 Å². The van der Waals surface area contributed by atoms with Crippen LogP contribution in [0.2, 0.25) is 5.02 Å². The Kier molecular flexibility index (Phi) is 5.75. The average molecular weight is 446 g/mol. The number of rotatable bonds is 6. The van der Waals surface area contributed by atoms with E-state index < -0.39 is 0 Å². The molecular weight excluding hydrogens is 430 g/mol. The maximum absolute atomic E-state index is 12.0. The van der Waals surface area contributed by atoms with Crippen molar-refractivity contribution in [3.8, 4) is 16.2 Å². The molecule has 6 nitrogen and oxygen atoms in total. The Morgan fingerprint density at radius 2 is 2.24 bits per heavy atom. The zero-order chi connectivity index (χ0) is 20.4. The van der Waals surface area contributed by atoms with Gasteiger partial charge in [0.25, 0.3) is 0 Å². The Morgan fingerprint density at radius 3 is 2.97 bits per heavy atom. The van der Waals surface area contributed by atoms with E-state index in [1.54, 1.807) is 19.2 Å². The SMILES string of the molecule is CC(=O)c1ccc(-c2cc(Cl)c3c(c2)CC(CNC(=O)C=Cc2cnns2)O3)s1. The first-order valence-electron chi connectivity index (χ1n) is 8.83. The van der Waals surface area contributed by atoms with Gasteiger partial charge in [0.15, 0.2) is 5.78 Å². The molecule has 1 N–H and O–H groups in total. The number of amides is 1. The second kappa shape index (κ2) is 8.44. The molecule has 148 valence electrons. The quantitative estimate of drug-likeness (QED) is 0.453. The number of fused-ring (bicyclic) bond motifs is 1. The molecular formula is C20H16ClN3O3S2. The molecule has 1 aromatic carbocycles. The molecule has 0 saturated carbocycles. The van der Waals surface area contributed by atoms with Gasteiger partial charge in [-0.15, -0.1) is 16.4 Å². The zero-order valence-corrected chi connectivity index (χ0v) is 17.7. The van der Waals surface area contributed by atoms with Crippen molar-refractivity contribution < 1.29 is 14.3 Å². The summed E-state index contributed by atoms with van der Waals surface area (Å²) >= 11 is 9.10. The third-order valence-corrected chi connectivity index (χ3v) is 6.52. The highest BCUT2D eigenvalue weighted by Crippen LogP contribution is 2.41. The molecule has 1 unspecified atom stereocenters. The Labute approximate surface area is 180 Å². The Hall–Kier alpha value is -2.55. The van der Waals surface area contributed by atoms with Crippen molar-refractivity contribution in [3.05, 3.63) is 56.9 Å². The number of hydrogen-bond donors (Lipinski definition) is 1. The van der Waals surface area contributed by atoms with E-state index in [1.807, 2.05) is 24.3 Å². The van der Waals surface area contributed by atoms with Crippen molar-refractivity contribution >= 4 is 52.2 Å². The van der Waals surface area contributed by atoms with Crippen LogP contribution in [0.4, 0.5) is 0 Å². The third kappa shape index (κ3) is 4.55. The van der Waals surface area contributed by atoms with Gasteiger partial charge in [-0.05, 0) is 54.4 Å². The molecule has 0 spiro atoms. The van der Waals surface area contributed by atoms with Crippen molar-refractivity contribution in [2.24, 2.45) is 0 Å². The molecule has 29 heavy (non-hydrogen) atoms. The number of carbonyl (C=O) groups excluding carboxylic acids is 2. The van der Waals surface area contributed by atoms with Gasteiger partial charge in [0.1, 0.15) is 11.9 Å². The van der Waals surface area contributed by atoms with Crippen LogP contribution >= 0.6 is 34.5 Å². The summed E-state index contributed by atoms with van der Waals surface area (Å²) in [5.41, 5.74) is 1.96. The first-order chi connectivity index (χ1) is 14.0. The summed E-state index contributed by atoms with van der Waals surface area (Å²) in [6.45, 7) is 1.93. The average Bonchev–Trinajstić information content (AvgIpc) is 3.44. The van der Waals surface area contributed by atoms with Crippen LogP contribution in [0, 0.1) is 0 Å². The maximum Gasteiger partial charge on any atom is 0.244 e. The number of halogens is 1. The van der Waals surface area contributed by atoms with E-state index in [-0.39, 0.29) is 17.8 Å². The second-order valence-electron chi connectivity index (χ2n) is 6.51. The second-order valence-corrected chi connectivity index (χ2v) is 8.82. The molecule has 9 heteroatoms. The lowest BCUT2D eigenvalue weighted by Gasteiger charge is -2.11. The van der Waals surface area contributed by atoms with Crippen molar-refractivity contribution in [3.63, 3.8) is 0 Å². The number of nitrogens with one attached hydrogen (secondary N) is 1. The summed E-state index contributed by atoms with van der Waals surface area (Å²) in [7, 11) is 0. The van der Waals surface area contributed by atoms with E-state index in [0.29, 0.717) is 23.7 Å².